The molecule has 2 aliphatic heterocycles. The van der Waals surface area contributed by atoms with Crippen LogP contribution in [0.4, 0.5) is 25.8 Å². The molecule has 3 heterocycles. The van der Waals surface area contributed by atoms with Gasteiger partial charge in [0.15, 0.2) is 11.6 Å². The third kappa shape index (κ3) is 4.94. The van der Waals surface area contributed by atoms with E-state index in [0.29, 0.717) is 33.7 Å². The van der Waals surface area contributed by atoms with Crippen LogP contribution in [0.3, 0.4) is 0 Å². The van der Waals surface area contributed by atoms with Gasteiger partial charge in [0.25, 0.3) is 0 Å². The molecule has 0 aliphatic carbocycles. The van der Waals surface area contributed by atoms with E-state index in [4.69, 9.17) is 11.6 Å². The Morgan fingerprint density at radius 1 is 1.05 bits per heavy atom. The number of hydrogen-bond acceptors (Lipinski definition) is 6. The number of aromatic nitrogens is 2. The second-order valence-corrected chi connectivity index (χ2v) is 10.7. The van der Waals surface area contributed by atoms with Crippen LogP contribution in [0.5, 0.6) is 0 Å². The lowest BCUT2D eigenvalue weighted by Gasteiger charge is -2.24. The maximum atomic E-state index is 15.8. The number of fused-ring (bicyclic) bond motifs is 2. The molecule has 0 bridgehead atoms. The van der Waals surface area contributed by atoms with Crippen molar-refractivity contribution in [3.05, 3.63) is 71.1 Å². The Labute approximate surface area is 244 Å². The zero-order chi connectivity index (χ0) is 29.5. The van der Waals surface area contributed by atoms with E-state index in [1.165, 1.54) is 17.7 Å². The van der Waals surface area contributed by atoms with Crippen molar-refractivity contribution >= 4 is 57.2 Å². The van der Waals surface area contributed by atoms with Crippen LogP contribution in [0.1, 0.15) is 23.8 Å². The molecule has 2 atom stereocenters. The number of nitrogens with one attached hydrogen (secondary N) is 3. The molecule has 12 heteroatoms. The number of anilines is 3. The lowest BCUT2D eigenvalue weighted by molar-refractivity contribution is -0.137. The van der Waals surface area contributed by atoms with Gasteiger partial charge >= 0.3 is 0 Å². The summed E-state index contributed by atoms with van der Waals surface area (Å²) in [6, 6.07) is 13.9. The number of ketones is 1. The normalized spacial score (nSPS) is 17.9. The van der Waals surface area contributed by atoms with Crippen LogP contribution in [-0.4, -0.2) is 64.1 Å². The maximum absolute atomic E-state index is 15.8. The van der Waals surface area contributed by atoms with Crippen LogP contribution in [0.25, 0.3) is 22.0 Å². The molecular formula is C30H27ClF2N6O3. The Morgan fingerprint density at radius 2 is 1.83 bits per heavy atom. The zero-order valence-corrected chi connectivity index (χ0v) is 23.3. The molecule has 216 valence electrons. The SMILES string of the molecule is CC(=O)c1nn(CC(=O)N2C[C@H](F)C[C@H]2C(=O)Nc2cccc(-c3ccc4c(c3Cl)NCCN4)c2F)c2ccccc12. The standard InChI is InChI=1S/C30H27ClF2N6O3/c1-16(40)28-20-5-2-3-8-23(20)39(37-28)15-25(41)38-14-17(32)13-24(38)30(42)36-21-7-4-6-19(27(21)33)18-9-10-22-29(26(18)31)35-12-11-34-22/h2-10,17,24,34-35H,11-15H2,1H3,(H,36,42)/t17-,24+/m1/s1. The van der Waals surface area contributed by atoms with Crippen LogP contribution in [0.2, 0.25) is 5.02 Å². The summed E-state index contributed by atoms with van der Waals surface area (Å²) < 4.78 is 31.7. The number of benzene rings is 3. The molecule has 4 aromatic rings. The largest absolute Gasteiger partial charge is 0.382 e. The van der Waals surface area contributed by atoms with Crippen molar-refractivity contribution in [1.82, 2.24) is 14.7 Å². The summed E-state index contributed by atoms with van der Waals surface area (Å²) in [5, 5.41) is 14.2. The number of amides is 2. The highest BCUT2D eigenvalue weighted by atomic mass is 35.5. The molecule has 9 nitrogen and oxygen atoms in total. The summed E-state index contributed by atoms with van der Waals surface area (Å²) in [7, 11) is 0. The van der Waals surface area contributed by atoms with E-state index >= 15 is 4.39 Å². The van der Waals surface area contributed by atoms with E-state index in [1.54, 1.807) is 48.5 Å². The van der Waals surface area contributed by atoms with Gasteiger partial charge in [0.2, 0.25) is 11.8 Å². The van der Waals surface area contributed by atoms with Crippen LogP contribution >= 0.6 is 11.6 Å². The molecule has 42 heavy (non-hydrogen) atoms. The quantitative estimate of drug-likeness (QED) is 0.269. The molecule has 0 radical (unpaired) electrons. The minimum Gasteiger partial charge on any atom is -0.382 e. The summed E-state index contributed by atoms with van der Waals surface area (Å²) in [5.41, 5.74) is 2.78. The summed E-state index contributed by atoms with van der Waals surface area (Å²) in [6.07, 6.45) is -1.66. The summed E-state index contributed by atoms with van der Waals surface area (Å²) >= 11 is 6.62. The van der Waals surface area contributed by atoms with Crippen molar-refractivity contribution in [2.75, 3.05) is 35.6 Å². The molecule has 6 rings (SSSR count). The molecule has 1 fully saturated rings. The van der Waals surface area contributed by atoms with Crippen molar-refractivity contribution in [1.29, 1.82) is 0 Å². The highest BCUT2D eigenvalue weighted by Gasteiger charge is 2.40. The number of para-hydroxylation sites is 1. The second kappa shape index (κ2) is 11.1. The molecule has 0 spiro atoms. The van der Waals surface area contributed by atoms with Gasteiger partial charge in [0.1, 0.15) is 24.5 Å². The molecule has 1 aromatic heterocycles. The fourth-order valence-electron chi connectivity index (χ4n) is 5.58. The lowest BCUT2D eigenvalue weighted by Crippen LogP contribution is -2.44. The Kier molecular flexibility index (Phi) is 7.28. The molecule has 1 saturated heterocycles. The zero-order valence-electron chi connectivity index (χ0n) is 22.6. The lowest BCUT2D eigenvalue weighted by atomic mass is 10.0. The van der Waals surface area contributed by atoms with E-state index in [0.717, 1.165) is 17.1 Å². The topological polar surface area (TPSA) is 108 Å². The maximum Gasteiger partial charge on any atom is 0.247 e. The van der Waals surface area contributed by atoms with E-state index in [1.807, 2.05) is 0 Å². The number of carbonyl (C=O) groups excluding carboxylic acids is 3. The van der Waals surface area contributed by atoms with Crippen molar-refractivity contribution in [3.63, 3.8) is 0 Å². The Morgan fingerprint density at radius 3 is 2.64 bits per heavy atom. The van der Waals surface area contributed by atoms with Gasteiger partial charge in [0.05, 0.1) is 34.1 Å². The van der Waals surface area contributed by atoms with Crippen molar-refractivity contribution in [2.24, 2.45) is 0 Å². The number of rotatable bonds is 6. The number of hydrogen-bond donors (Lipinski definition) is 3. The van der Waals surface area contributed by atoms with Gasteiger partial charge in [-0.1, -0.05) is 48.0 Å². The molecule has 2 aliphatic rings. The monoisotopic (exact) mass is 592 g/mol. The third-order valence-corrected chi connectivity index (χ3v) is 7.97. The highest BCUT2D eigenvalue weighted by Crippen LogP contribution is 2.41. The predicted molar refractivity (Wildman–Crippen MR) is 157 cm³/mol. The van der Waals surface area contributed by atoms with Crippen LogP contribution in [0, 0.1) is 5.82 Å². The minimum absolute atomic E-state index is 0.115. The predicted octanol–water partition coefficient (Wildman–Crippen LogP) is 5.11. The number of alkyl halides is 1. The molecule has 3 aromatic carbocycles. The first-order chi connectivity index (χ1) is 20.2. The first kappa shape index (κ1) is 27.6. The van der Waals surface area contributed by atoms with E-state index < -0.39 is 29.8 Å². The van der Waals surface area contributed by atoms with Gasteiger partial charge in [-0.3, -0.25) is 19.1 Å². The third-order valence-electron chi connectivity index (χ3n) is 7.58. The van der Waals surface area contributed by atoms with Crippen molar-refractivity contribution in [3.8, 4) is 11.1 Å². The number of carbonyl (C=O) groups is 3. The average Bonchev–Trinajstić information content (AvgIpc) is 3.56. The van der Waals surface area contributed by atoms with Crippen LogP contribution in [-0.2, 0) is 16.1 Å². The van der Waals surface area contributed by atoms with Gasteiger partial charge in [0, 0.05) is 42.9 Å². The van der Waals surface area contributed by atoms with Gasteiger partial charge in [-0.15, -0.1) is 0 Å². The Bertz CT molecular complexity index is 1740. The molecular weight excluding hydrogens is 566 g/mol. The number of halogens is 3. The minimum atomic E-state index is -1.43. The fraction of sp³-hybridized carbons (Fsp3) is 0.267. The Balaban J connectivity index is 1.23. The van der Waals surface area contributed by atoms with Gasteiger partial charge in [-0.2, -0.15) is 5.10 Å². The van der Waals surface area contributed by atoms with Gasteiger partial charge in [-0.25, -0.2) is 8.78 Å². The molecule has 2 amide bonds. The first-order valence-electron chi connectivity index (χ1n) is 13.5. The van der Waals surface area contributed by atoms with Crippen LogP contribution in [0.15, 0.2) is 54.6 Å². The summed E-state index contributed by atoms with van der Waals surface area (Å²) in [5.74, 6) is -2.22. The summed E-state index contributed by atoms with van der Waals surface area (Å²) in [6.45, 7) is 2.20. The molecule has 0 saturated carbocycles. The smallest absolute Gasteiger partial charge is 0.247 e. The van der Waals surface area contributed by atoms with Crippen molar-refractivity contribution in [2.45, 2.75) is 32.1 Å². The number of likely N-dealkylation sites (tertiary alicyclic amines) is 1. The number of Topliss-reactive ketones (excluding diaryl/α,β-unsaturated/α-hetero) is 1. The first-order valence-corrected chi connectivity index (χ1v) is 13.9. The average molecular weight is 593 g/mol. The number of nitrogens with zero attached hydrogens (tertiary/aromatic N) is 3. The van der Waals surface area contributed by atoms with E-state index in [2.05, 4.69) is 21.0 Å². The van der Waals surface area contributed by atoms with Crippen molar-refractivity contribution < 1.29 is 23.2 Å². The molecule has 3 N–H and O–H groups in total. The Hall–Kier alpha value is -4.51. The van der Waals surface area contributed by atoms with Gasteiger partial charge < -0.3 is 20.9 Å². The fourth-order valence-corrected chi connectivity index (χ4v) is 5.91. The molecule has 0 unspecified atom stereocenters. The van der Waals surface area contributed by atoms with Gasteiger partial charge in [-0.05, 0) is 18.2 Å². The van der Waals surface area contributed by atoms with Crippen LogP contribution < -0.4 is 16.0 Å². The summed E-state index contributed by atoms with van der Waals surface area (Å²) in [4.78, 5) is 39.9. The second-order valence-electron chi connectivity index (χ2n) is 10.3. The van der Waals surface area contributed by atoms with E-state index in [9.17, 15) is 18.8 Å². The van der Waals surface area contributed by atoms with E-state index in [-0.39, 0.29) is 42.2 Å². The highest BCUT2D eigenvalue weighted by molar-refractivity contribution is 6.36.